The summed E-state index contributed by atoms with van der Waals surface area (Å²) >= 11 is 8.03. The first-order valence-electron chi connectivity index (χ1n) is 6.08. The fourth-order valence-electron chi connectivity index (χ4n) is 1.59. The normalized spacial score (nSPS) is 10.3. The van der Waals surface area contributed by atoms with Gasteiger partial charge in [-0.3, -0.25) is 14.9 Å². The Morgan fingerprint density at radius 1 is 1.18 bits per heavy atom. The van der Waals surface area contributed by atoms with Gasteiger partial charge in [0.15, 0.2) is 0 Å². The first kappa shape index (κ1) is 17.0. The molecule has 2 rings (SSSR count). The molecule has 2 aromatic carbocycles. The summed E-state index contributed by atoms with van der Waals surface area (Å²) < 4.78 is 1.67. The molecule has 0 aromatic heterocycles. The molecule has 0 aliphatic rings. The van der Waals surface area contributed by atoms with Crippen molar-refractivity contribution in [3.63, 3.8) is 0 Å². The third kappa shape index (κ3) is 4.82. The van der Waals surface area contributed by atoms with E-state index in [0.717, 1.165) is 13.8 Å². The number of nitrogens with one attached hydrogen (secondary N) is 1. The number of anilines is 1. The molecule has 2 aromatic rings. The molecule has 114 valence electrons. The maximum atomic E-state index is 11.9. The average Bonchev–Trinajstić information content (AvgIpc) is 2.49. The molecule has 8 heteroatoms. The fraction of sp³-hybridized carbons (Fsp3) is 0.0714. The summed E-state index contributed by atoms with van der Waals surface area (Å²) in [7, 11) is 0. The molecule has 0 saturated carbocycles. The number of hydrogen-bond donors (Lipinski definition) is 1. The fourth-order valence-corrected chi connectivity index (χ4v) is 3.00. The summed E-state index contributed by atoms with van der Waals surface area (Å²) in [6.45, 7) is 0. The average molecular weight is 446 g/mol. The number of amides is 1. The molecule has 0 spiro atoms. The van der Waals surface area contributed by atoms with Crippen molar-refractivity contribution in [3.8, 4) is 0 Å². The standard InChI is InChI=1S/C14H10Br2N2O3S/c15-9-1-6-12(16)13(7-9)17-14(19)8-22-11-4-2-10(3-5-11)18(20)21/h1-7H,8H2,(H,17,19). The molecule has 1 N–H and O–H groups in total. The van der Waals surface area contributed by atoms with E-state index in [1.807, 2.05) is 12.1 Å². The molecule has 22 heavy (non-hydrogen) atoms. The molecule has 5 nitrogen and oxygen atoms in total. The molecule has 0 unspecified atom stereocenters. The molecule has 0 heterocycles. The monoisotopic (exact) mass is 444 g/mol. The maximum Gasteiger partial charge on any atom is 0.269 e. The SMILES string of the molecule is O=C(CSc1ccc([N+](=O)[O-])cc1)Nc1cc(Br)ccc1Br. The maximum absolute atomic E-state index is 11.9. The molecule has 0 aliphatic heterocycles. The van der Waals surface area contributed by atoms with Crippen molar-refractivity contribution in [3.05, 3.63) is 61.5 Å². The first-order chi connectivity index (χ1) is 10.5. The van der Waals surface area contributed by atoms with Crippen LogP contribution in [0.2, 0.25) is 0 Å². The van der Waals surface area contributed by atoms with Gasteiger partial charge in [0.1, 0.15) is 0 Å². The lowest BCUT2D eigenvalue weighted by Crippen LogP contribution is -2.14. The van der Waals surface area contributed by atoms with Crippen LogP contribution in [-0.2, 0) is 4.79 Å². The molecule has 0 fully saturated rings. The summed E-state index contributed by atoms with van der Waals surface area (Å²) in [6.07, 6.45) is 0. The number of hydrogen-bond acceptors (Lipinski definition) is 4. The lowest BCUT2D eigenvalue weighted by atomic mass is 10.3. The first-order valence-corrected chi connectivity index (χ1v) is 8.65. The van der Waals surface area contributed by atoms with Crippen molar-refractivity contribution in [2.45, 2.75) is 4.90 Å². The zero-order valence-electron chi connectivity index (χ0n) is 11.1. The van der Waals surface area contributed by atoms with Crippen LogP contribution in [0.25, 0.3) is 0 Å². The molecule has 0 radical (unpaired) electrons. The largest absolute Gasteiger partial charge is 0.324 e. The highest BCUT2D eigenvalue weighted by atomic mass is 79.9. The Balaban J connectivity index is 1.92. The van der Waals surface area contributed by atoms with Gasteiger partial charge in [-0.25, -0.2) is 0 Å². The number of halogens is 2. The summed E-state index contributed by atoms with van der Waals surface area (Å²) in [5.41, 5.74) is 0.718. The molecule has 0 saturated heterocycles. The van der Waals surface area contributed by atoms with Crippen LogP contribution in [0.5, 0.6) is 0 Å². The van der Waals surface area contributed by atoms with Crippen LogP contribution < -0.4 is 5.32 Å². The third-order valence-electron chi connectivity index (χ3n) is 2.62. The van der Waals surface area contributed by atoms with Crippen molar-refractivity contribution >= 4 is 60.9 Å². The Kier molecular flexibility index (Phi) is 5.98. The van der Waals surface area contributed by atoms with Gasteiger partial charge in [0.25, 0.3) is 5.69 Å². The number of non-ortho nitro benzene ring substituents is 1. The topological polar surface area (TPSA) is 72.2 Å². The third-order valence-corrected chi connectivity index (χ3v) is 4.82. The number of rotatable bonds is 5. The second kappa shape index (κ2) is 7.75. The minimum Gasteiger partial charge on any atom is -0.324 e. The van der Waals surface area contributed by atoms with Gasteiger partial charge in [0.2, 0.25) is 5.91 Å². The van der Waals surface area contributed by atoms with E-state index in [1.165, 1.54) is 23.9 Å². The molecule has 0 atom stereocenters. The van der Waals surface area contributed by atoms with E-state index < -0.39 is 4.92 Å². The molecule has 1 amide bonds. The van der Waals surface area contributed by atoms with Gasteiger partial charge >= 0.3 is 0 Å². The van der Waals surface area contributed by atoms with E-state index in [4.69, 9.17) is 0 Å². The smallest absolute Gasteiger partial charge is 0.269 e. The Bertz CT molecular complexity index is 708. The van der Waals surface area contributed by atoms with Crippen LogP contribution in [0.1, 0.15) is 0 Å². The van der Waals surface area contributed by atoms with Gasteiger partial charge < -0.3 is 5.32 Å². The zero-order chi connectivity index (χ0) is 16.1. The van der Waals surface area contributed by atoms with Crippen LogP contribution in [0, 0.1) is 10.1 Å². The van der Waals surface area contributed by atoms with Crippen LogP contribution >= 0.6 is 43.6 Å². The number of thioether (sulfide) groups is 1. The lowest BCUT2D eigenvalue weighted by molar-refractivity contribution is -0.384. The summed E-state index contributed by atoms with van der Waals surface area (Å²) in [4.78, 5) is 22.9. The van der Waals surface area contributed by atoms with E-state index in [1.54, 1.807) is 18.2 Å². The summed E-state index contributed by atoms with van der Waals surface area (Å²) in [5, 5.41) is 13.4. The van der Waals surface area contributed by atoms with Crippen molar-refractivity contribution in [2.24, 2.45) is 0 Å². The van der Waals surface area contributed by atoms with Crippen molar-refractivity contribution in [2.75, 3.05) is 11.1 Å². The number of carbonyl (C=O) groups excluding carboxylic acids is 1. The molecule has 0 aliphatic carbocycles. The van der Waals surface area contributed by atoms with Gasteiger partial charge in [-0.15, -0.1) is 11.8 Å². The quantitative estimate of drug-likeness (QED) is 0.405. The van der Waals surface area contributed by atoms with Crippen LogP contribution in [0.3, 0.4) is 0 Å². The summed E-state index contributed by atoms with van der Waals surface area (Å²) in [6, 6.07) is 11.6. The van der Waals surface area contributed by atoms with E-state index >= 15 is 0 Å². The second-order valence-electron chi connectivity index (χ2n) is 4.21. The van der Waals surface area contributed by atoms with E-state index in [9.17, 15) is 14.9 Å². The van der Waals surface area contributed by atoms with E-state index in [2.05, 4.69) is 37.2 Å². The Morgan fingerprint density at radius 3 is 2.50 bits per heavy atom. The number of nitro benzene ring substituents is 1. The van der Waals surface area contributed by atoms with Crippen LogP contribution in [0.4, 0.5) is 11.4 Å². The number of nitro groups is 1. The van der Waals surface area contributed by atoms with Gasteiger partial charge in [0.05, 0.1) is 16.4 Å². The van der Waals surface area contributed by atoms with Crippen LogP contribution in [0.15, 0.2) is 56.3 Å². The minimum atomic E-state index is -0.452. The summed E-state index contributed by atoms with van der Waals surface area (Å²) in [5.74, 6) is 0.0682. The highest BCUT2D eigenvalue weighted by molar-refractivity contribution is 9.11. The highest BCUT2D eigenvalue weighted by Gasteiger charge is 2.08. The molecule has 0 bridgehead atoms. The zero-order valence-corrected chi connectivity index (χ0v) is 15.1. The predicted octanol–water partition coefficient (Wildman–Crippen LogP) is 4.85. The van der Waals surface area contributed by atoms with E-state index in [0.29, 0.717) is 5.69 Å². The minimum absolute atomic E-state index is 0.0341. The van der Waals surface area contributed by atoms with E-state index in [-0.39, 0.29) is 17.3 Å². The van der Waals surface area contributed by atoms with Crippen molar-refractivity contribution in [1.82, 2.24) is 0 Å². The van der Waals surface area contributed by atoms with Gasteiger partial charge in [0, 0.05) is 26.0 Å². The predicted molar refractivity (Wildman–Crippen MR) is 94.3 cm³/mol. The van der Waals surface area contributed by atoms with Gasteiger partial charge in [-0.05, 0) is 46.3 Å². The molecular weight excluding hydrogens is 436 g/mol. The Hall–Kier alpha value is -1.38. The number of carbonyl (C=O) groups is 1. The highest BCUT2D eigenvalue weighted by Crippen LogP contribution is 2.27. The Labute approximate surface area is 147 Å². The van der Waals surface area contributed by atoms with Gasteiger partial charge in [-0.2, -0.15) is 0 Å². The lowest BCUT2D eigenvalue weighted by Gasteiger charge is -2.08. The Morgan fingerprint density at radius 2 is 1.86 bits per heavy atom. The van der Waals surface area contributed by atoms with Crippen molar-refractivity contribution < 1.29 is 9.72 Å². The van der Waals surface area contributed by atoms with Gasteiger partial charge in [-0.1, -0.05) is 15.9 Å². The van der Waals surface area contributed by atoms with Crippen molar-refractivity contribution in [1.29, 1.82) is 0 Å². The number of benzene rings is 2. The van der Waals surface area contributed by atoms with Crippen LogP contribution in [-0.4, -0.2) is 16.6 Å². The second-order valence-corrected chi connectivity index (χ2v) is 7.03. The molecular formula is C14H10Br2N2O3S. The number of nitrogens with zero attached hydrogens (tertiary/aromatic N) is 1.